The minimum atomic E-state index is -0.982. The summed E-state index contributed by atoms with van der Waals surface area (Å²) in [6.07, 6.45) is 0.763. The molecule has 4 rings (SSSR count). The highest BCUT2D eigenvalue weighted by Gasteiger charge is 2.54. The number of ether oxygens (including phenoxy) is 4. The molecule has 2 heterocycles. The molecular weight excluding hydrogens is 478 g/mol. The second kappa shape index (κ2) is 11.6. The zero-order valence-electron chi connectivity index (χ0n) is 21.4. The first-order chi connectivity index (χ1) is 17.9. The molecule has 0 unspecified atom stereocenters. The molecule has 0 saturated carbocycles. The van der Waals surface area contributed by atoms with Gasteiger partial charge in [0.2, 0.25) is 5.91 Å². The Morgan fingerprint density at radius 3 is 2.30 bits per heavy atom. The summed E-state index contributed by atoms with van der Waals surface area (Å²) in [6, 6.07) is 13.1. The Morgan fingerprint density at radius 2 is 1.65 bits per heavy atom. The number of hydrogen-bond donors (Lipinski definition) is 1. The van der Waals surface area contributed by atoms with Crippen molar-refractivity contribution in [3.8, 4) is 11.5 Å². The third-order valence-electron chi connectivity index (χ3n) is 6.87. The van der Waals surface area contributed by atoms with Crippen LogP contribution in [0.25, 0.3) is 0 Å². The van der Waals surface area contributed by atoms with Crippen LogP contribution in [0.4, 0.5) is 0 Å². The lowest BCUT2D eigenvalue weighted by Gasteiger charge is -2.44. The maximum atomic E-state index is 13.7. The molecule has 2 aromatic rings. The molecule has 10 nitrogen and oxygen atoms in total. The van der Waals surface area contributed by atoms with Gasteiger partial charge in [-0.1, -0.05) is 18.2 Å². The fraction of sp³-hybridized carbons (Fsp3) is 0.444. The number of carbonyl (C=O) groups is 3. The van der Waals surface area contributed by atoms with Crippen LogP contribution in [-0.2, 0) is 14.3 Å². The molecule has 2 saturated heterocycles. The fourth-order valence-corrected chi connectivity index (χ4v) is 4.89. The lowest BCUT2D eigenvalue weighted by Crippen LogP contribution is -2.60. The van der Waals surface area contributed by atoms with E-state index in [0.29, 0.717) is 61.7 Å². The summed E-state index contributed by atoms with van der Waals surface area (Å²) in [6.45, 7) is 1.51. The highest BCUT2D eigenvalue weighted by molar-refractivity contribution is 5.98. The van der Waals surface area contributed by atoms with E-state index in [2.05, 4.69) is 5.32 Å². The number of amides is 3. The molecule has 37 heavy (non-hydrogen) atoms. The van der Waals surface area contributed by atoms with Crippen molar-refractivity contribution in [2.45, 2.75) is 24.6 Å². The smallest absolute Gasteiger partial charge is 0.256 e. The summed E-state index contributed by atoms with van der Waals surface area (Å²) in [5.74, 6) is 0.305. The first-order valence-electron chi connectivity index (χ1n) is 12.2. The normalized spacial score (nSPS) is 18.5. The monoisotopic (exact) mass is 511 g/mol. The second-order valence-corrected chi connectivity index (χ2v) is 8.96. The average Bonchev–Trinajstić information content (AvgIpc) is 3.31. The molecule has 0 aliphatic carbocycles. The zero-order valence-corrected chi connectivity index (χ0v) is 21.4. The Hall–Kier alpha value is -3.63. The predicted molar refractivity (Wildman–Crippen MR) is 135 cm³/mol. The lowest BCUT2D eigenvalue weighted by molar-refractivity contribution is -0.128. The molecule has 198 valence electrons. The van der Waals surface area contributed by atoms with E-state index in [1.54, 1.807) is 66.5 Å². The van der Waals surface area contributed by atoms with E-state index in [1.165, 1.54) is 7.11 Å². The lowest BCUT2D eigenvalue weighted by atomic mass is 9.96. The molecule has 1 N–H and O–H groups in total. The van der Waals surface area contributed by atoms with Gasteiger partial charge in [-0.25, -0.2) is 0 Å². The van der Waals surface area contributed by atoms with Gasteiger partial charge in [0.25, 0.3) is 11.8 Å². The fourth-order valence-electron chi connectivity index (χ4n) is 4.89. The Balaban J connectivity index is 1.53. The number of methoxy groups -OCH3 is 3. The van der Waals surface area contributed by atoms with E-state index in [9.17, 15) is 14.4 Å². The van der Waals surface area contributed by atoms with Gasteiger partial charge < -0.3 is 29.2 Å². The van der Waals surface area contributed by atoms with Crippen LogP contribution in [0.3, 0.4) is 0 Å². The molecule has 2 aliphatic rings. The van der Waals surface area contributed by atoms with Gasteiger partial charge in [0.1, 0.15) is 11.8 Å². The molecular formula is C27H33N3O7. The number of benzene rings is 2. The molecule has 10 heteroatoms. The summed E-state index contributed by atoms with van der Waals surface area (Å²) >= 11 is 0. The Bertz CT molecular complexity index is 1120. The number of nitrogens with zero attached hydrogens (tertiary/aromatic N) is 2. The number of carbonyl (C=O) groups excluding carboxylic acids is 3. The predicted octanol–water partition coefficient (Wildman–Crippen LogP) is 1.94. The zero-order chi connectivity index (χ0) is 26.4. The molecule has 1 spiro atoms. The largest absolute Gasteiger partial charge is 0.493 e. The van der Waals surface area contributed by atoms with Crippen LogP contribution >= 0.6 is 0 Å². The molecule has 0 aromatic heterocycles. The Morgan fingerprint density at radius 1 is 0.946 bits per heavy atom. The van der Waals surface area contributed by atoms with E-state index in [-0.39, 0.29) is 24.3 Å². The molecule has 0 radical (unpaired) electrons. The third kappa shape index (κ3) is 5.40. The summed E-state index contributed by atoms with van der Waals surface area (Å²) < 4.78 is 21.8. The summed E-state index contributed by atoms with van der Waals surface area (Å²) in [5, 5.41) is 2.83. The van der Waals surface area contributed by atoms with E-state index >= 15 is 0 Å². The summed E-state index contributed by atoms with van der Waals surface area (Å²) in [4.78, 5) is 43.3. The van der Waals surface area contributed by atoms with Gasteiger partial charge in [-0.15, -0.1) is 0 Å². The minimum Gasteiger partial charge on any atom is -0.493 e. The van der Waals surface area contributed by atoms with Crippen molar-refractivity contribution in [1.29, 1.82) is 0 Å². The van der Waals surface area contributed by atoms with Crippen LogP contribution < -0.4 is 14.8 Å². The number of hydrogen-bond acceptors (Lipinski definition) is 7. The molecule has 2 aromatic carbocycles. The van der Waals surface area contributed by atoms with Crippen LogP contribution in [0.1, 0.15) is 33.6 Å². The number of likely N-dealkylation sites (tertiary alicyclic amines) is 1. The van der Waals surface area contributed by atoms with Gasteiger partial charge in [-0.05, 0) is 30.3 Å². The maximum absolute atomic E-state index is 13.7. The highest BCUT2D eigenvalue weighted by Crippen LogP contribution is 2.39. The molecule has 3 amide bonds. The van der Waals surface area contributed by atoms with E-state index in [0.717, 1.165) is 0 Å². The molecule has 2 fully saturated rings. The van der Waals surface area contributed by atoms with Gasteiger partial charge in [-0.2, -0.15) is 0 Å². The second-order valence-electron chi connectivity index (χ2n) is 8.96. The van der Waals surface area contributed by atoms with Crippen LogP contribution in [0, 0.1) is 0 Å². The topological polar surface area (TPSA) is 107 Å². The van der Waals surface area contributed by atoms with Crippen LogP contribution in [0.5, 0.6) is 11.5 Å². The van der Waals surface area contributed by atoms with Crippen molar-refractivity contribution in [1.82, 2.24) is 15.1 Å². The first-order valence-corrected chi connectivity index (χ1v) is 12.2. The van der Waals surface area contributed by atoms with Crippen molar-refractivity contribution >= 4 is 17.7 Å². The van der Waals surface area contributed by atoms with Crippen molar-refractivity contribution in [2.24, 2.45) is 0 Å². The van der Waals surface area contributed by atoms with E-state index in [1.807, 2.05) is 6.07 Å². The van der Waals surface area contributed by atoms with Gasteiger partial charge in [0.05, 0.1) is 27.4 Å². The van der Waals surface area contributed by atoms with Crippen molar-refractivity contribution in [3.05, 3.63) is 59.7 Å². The van der Waals surface area contributed by atoms with Crippen LogP contribution in [-0.4, -0.2) is 93.5 Å². The van der Waals surface area contributed by atoms with Crippen molar-refractivity contribution in [2.75, 3.05) is 54.2 Å². The standard InChI is InChI=1S/C27H33N3O7/c1-34-16-13-28-24(31)21-18-37-27(30(21)26(33)19-7-5-4-6-8-19)11-14-29(15-12-27)25(32)20-9-10-22(35-2)23(17-20)36-3/h4-10,17,21H,11-16,18H2,1-3H3,(H,28,31)/t21-/m0/s1. The quantitative estimate of drug-likeness (QED) is 0.540. The summed E-state index contributed by atoms with van der Waals surface area (Å²) in [5.41, 5.74) is -0.0238. The van der Waals surface area contributed by atoms with Crippen LogP contribution in [0.2, 0.25) is 0 Å². The first kappa shape index (κ1) is 26.4. The van der Waals surface area contributed by atoms with E-state index in [4.69, 9.17) is 18.9 Å². The SMILES string of the molecule is COCCNC(=O)[C@@H]1COC2(CCN(C(=O)c3ccc(OC)c(OC)c3)CC2)N1C(=O)c1ccccc1. The Labute approximate surface area is 216 Å². The average molecular weight is 512 g/mol. The minimum absolute atomic E-state index is 0.0843. The van der Waals surface area contributed by atoms with Crippen LogP contribution in [0.15, 0.2) is 48.5 Å². The Kier molecular flexibility index (Phi) is 8.30. The third-order valence-corrected chi connectivity index (χ3v) is 6.87. The maximum Gasteiger partial charge on any atom is 0.256 e. The van der Waals surface area contributed by atoms with Gasteiger partial charge >= 0.3 is 0 Å². The number of rotatable bonds is 8. The number of piperidine rings is 1. The summed E-state index contributed by atoms with van der Waals surface area (Å²) in [7, 11) is 4.62. The molecule has 0 bridgehead atoms. The van der Waals surface area contributed by atoms with Gasteiger partial charge in [0.15, 0.2) is 11.5 Å². The van der Waals surface area contributed by atoms with E-state index < -0.39 is 11.8 Å². The van der Waals surface area contributed by atoms with Crippen molar-refractivity contribution < 1.29 is 33.3 Å². The number of nitrogens with one attached hydrogen (secondary N) is 1. The van der Waals surface area contributed by atoms with Gasteiger partial charge in [-0.3, -0.25) is 19.3 Å². The van der Waals surface area contributed by atoms with Gasteiger partial charge in [0, 0.05) is 50.7 Å². The van der Waals surface area contributed by atoms with Crippen molar-refractivity contribution in [3.63, 3.8) is 0 Å². The molecule has 2 aliphatic heterocycles. The molecule has 1 atom stereocenters. The highest BCUT2D eigenvalue weighted by atomic mass is 16.5.